The molecule has 1 heterocycles. The van der Waals surface area contributed by atoms with Gasteiger partial charge in [-0.05, 0) is 29.0 Å². The molecule has 0 saturated heterocycles. The highest BCUT2D eigenvalue weighted by Crippen LogP contribution is 2.28. The number of fused-ring (bicyclic) bond motifs is 1. The van der Waals surface area contributed by atoms with Crippen molar-refractivity contribution in [1.82, 2.24) is 15.6 Å². The average Bonchev–Trinajstić information content (AvgIpc) is 3.43. The Labute approximate surface area is 231 Å². The molecule has 0 atom stereocenters. The van der Waals surface area contributed by atoms with Crippen LogP contribution < -0.4 is 15.5 Å². The molecular weight excluding hydrogens is 538 g/mol. The summed E-state index contributed by atoms with van der Waals surface area (Å²) in [5.41, 5.74) is 3.65. The van der Waals surface area contributed by atoms with Gasteiger partial charge in [0.15, 0.2) is 0 Å². The third kappa shape index (κ3) is 5.98. The first-order valence-corrected chi connectivity index (χ1v) is 12.7. The fourth-order valence-corrected chi connectivity index (χ4v) is 4.57. The van der Waals surface area contributed by atoms with E-state index in [1.165, 1.54) is 6.21 Å². The number of ether oxygens (including phenoxy) is 1. The fraction of sp³-hybridized carbons (Fsp3) is 0. The quantitative estimate of drug-likeness (QED) is 0.0961. The zero-order chi connectivity index (χ0) is 27.2. The number of rotatable bonds is 6. The van der Waals surface area contributed by atoms with Gasteiger partial charge in [-0.1, -0.05) is 95.7 Å². The van der Waals surface area contributed by atoms with Crippen molar-refractivity contribution in [2.24, 2.45) is 5.10 Å². The Bertz CT molecular complexity index is 1720. The van der Waals surface area contributed by atoms with Gasteiger partial charge >= 0.3 is 17.8 Å². The second kappa shape index (κ2) is 11.6. The molecule has 0 radical (unpaired) electrons. The molecule has 2 amide bonds. The first-order valence-electron chi connectivity index (χ1n) is 11.5. The highest BCUT2D eigenvalue weighted by molar-refractivity contribution is 7.18. The van der Waals surface area contributed by atoms with Gasteiger partial charge in [0.05, 0.1) is 16.8 Å². The summed E-state index contributed by atoms with van der Waals surface area (Å²) in [4.78, 5) is 37.5. The van der Waals surface area contributed by atoms with E-state index in [-0.39, 0.29) is 21.5 Å². The van der Waals surface area contributed by atoms with Gasteiger partial charge in [-0.25, -0.2) is 10.2 Å². The summed E-state index contributed by atoms with van der Waals surface area (Å²) in [6.45, 7) is 0. The molecule has 0 unspecified atom stereocenters. The van der Waals surface area contributed by atoms with Gasteiger partial charge in [0.1, 0.15) is 10.8 Å². The molecule has 0 bridgehead atoms. The maximum absolute atomic E-state index is 12.8. The molecule has 0 saturated carbocycles. The standard InChI is InChI=1S/C28H18ClN5O4S/c29-22-13-7-6-12-20(22)27(37)38-23-15-14-17-8-4-5-11-19(17)21(23)16-30-32-25(36)24(35)31-28-34-33-26(39-28)18-9-2-1-3-10-18/h1-16H,(H,32,36)(H,31,34,35)/b30-16-. The van der Waals surface area contributed by atoms with E-state index in [1.807, 2.05) is 54.6 Å². The van der Waals surface area contributed by atoms with E-state index >= 15 is 0 Å². The third-order valence-electron chi connectivity index (χ3n) is 5.46. The second-order valence-corrected chi connectivity index (χ2v) is 9.38. The largest absolute Gasteiger partial charge is 0.422 e. The van der Waals surface area contributed by atoms with Crippen molar-refractivity contribution >= 4 is 62.8 Å². The van der Waals surface area contributed by atoms with Crippen LogP contribution in [0, 0.1) is 0 Å². The highest BCUT2D eigenvalue weighted by Gasteiger charge is 2.18. The average molecular weight is 556 g/mol. The van der Waals surface area contributed by atoms with Crippen molar-refractivity contribution in [3.63, 3.8) is 0 Å². The molecule has 4 aromatic carbocycles. The van der Waals surface area contributed by atoms with Gasteiger partial charge in [0, 0.05) is 11.1 Å². The van der Waals surface area contributed by atoms with E-state index in [0.29, 0.717) is 16.0 Å². The molecule has 39 heavy (non-hydrogen) atoms. The van der Waals surface area contributed by atoms with Crippen molar-refractivity contribution in [2.75, 3.05) is 5.32 Å². The first kappa shape index (κ1) is 25.7. The van der Waals surface area contributed by atoms with E-state index in [2.05, 4.69) is 26.0 Å². The van der Waals surface area contributed by atoms with Crippen LogP contribution in [0.4, 0.5) is 5.13 Å². The van der Waals surface area contributed by atoms with Crippen LogP contribution in [0.15, 0.2) is 96.1 Å². The topological polar surface area (TPSA) is 123 Å². The lowest BCUT2D eigenvalue weighted by Crippen LogP contribution is -2.32. The number of carbonyl (C=O) groups excluding carboxylic acids is 3. The van der Waals surface area contributed by atoms with Crippen LogP contribution in [0.5, 0.6) is 5.75 Å². The normalized spacial score (nSPS) is 10.9. The molecule has 11 heteroatoms. The Kier molecular flexibility index (Phi) is 7.67. The Hall–Kier alpha value is -4.93. The fourth-order valence-electron chi connectivity index (χ4n) is 3.61. The predicted octanol–water partition coefficient (Wildman–Crippen LogP) is 5.32. The molecule has 0 aliphatic rings. The lowest BCUT2D eigenvalue weighted by molar-refractivity contribution is -0.136. The van der Waals surface area contributed by atoms with Gasteiger partial charge in [-0.2, -0.15) is 5.10 Å². The molecule has 0 aliphatic carbocycles. The van der Waals surface area contributed by atoms with Crippen molar-refractivity contribution in [3.05, 3.63) is 107 Å². The van der Waals surface area contributed by atoms with Crippen LogP contribution in [-0.2, 0) is 9.59 Å². The maximum atomic E-state index is 12.8. The summed E-state index contributed by atoms with van der Waals surface area (Å²) in [7, 11) is 0. The monoisotopic (exact) mass is 555 g/mol. The minimum absolute atomic E-state index is 0.167. The number of benzene rings is 4. The van der Waals surface area contributed by atoms with Gasteiger partial charge < -0.3 is 4.74 Å². The Balaban J connectivity index is 1.31. The van der Waals surface area contributed by atoms with Gasteiger partial charge in [0.2, 0.25) is 5.13 Å². The number of anilines is 1. The number of esters is 1. The number of carbonyl (C=O) groups is 3. The Morgan fingerprint density at radius 2 is 1.59 bits per heavy atom. The van der Waals surface area contributed by atoms with Crippen LogP contribution in [0.2, 0.25) is 5.02 Å². The minimum Gasteiger partial charge on any atom is -0.422 e. The van der Waals surface area contributed by atoms with Gasteiger partial charge in [-0.3, -0.25) is 14.9 Å². The van der Waals surface area contributed by atoms with Crippen molar-refractivity contribution < 1.29 is 19.1 Å². The Morgan fingerprint density at radius 3 is 2.41 bits per heavy atom. The molecule has 2 N–H and O–H groups in total. The van der Waals surface area contributed by atoms with E-state index in [0.717, 1.165) is 22.3 Å². The summed E-state index contributed by atoms with van der Waals surface area (Å²) in [6, 6.07) is 26.6. The lowest BCUT2D eigenvalue weighted by atomic mass is 10.0. The predicted molar refractivity (Wildman–Crippen MR) is 150 cm³/mol. The van der Waals surface area contributed by atoms with E-state index in [1.54, 1.807) is 36.4 Å². The molecule has 1 aromatic heterocycles. The summed E-state index contributed by atoms with van der Waals surface area (Å²) < 4.78 is 5.62. The molecule has 5 aromatic rings. The number of hydrogen-bond acceptors (Lipinski definition) is 8. The van der Waals surface area contributed by atoms with Crippen molar-refractivity contribution in [3.8, 4) is 16.3 Å². The summed E-state index contributed by atoms with van der Waals surface area (Å²) in [6.07, 6.45) is 1.31. The van der Waals surface area contributed by atoms with E-state index < -0.39 is 17.8 Å². The number of hydrogen-bond donors (Lipinski definition) is 2. The number of nitrogens with one attached hydrogen (secondary N) is 2. The number of amides is 2. The lowest BCUT2D eigenvalue weighted by Gasteiger charge is -2.11. The number of halogens is 1. The number of aromatic nitrogens is 2. The number of hydrazone groups is 1. The van der Waals surface area contributed by atoms with E-state index in [9.17, 15) is 14.4 Å². The van der Waals surface area contributed by atoms with Gasteiger partial charge in [0.25, 0.3) is 0 Å². The van der Waals surface area contributed by atoms with Crippen LogP contribution >= 0.6 is 22.9 Å². The summed E-state index contributed by atoms with van der Waals surface area (Å²) in [5, 5.41) is 16.9. The molecule has 0 spiro atoms. The van der Waals surface area contributed by atoms with Crippen LogP contribution in [-0.4, -0.2) is 34.2 Å². The molecule has 0 aliphatic heterocycles. The minimum atomic E-state index is -1.02. The van der Waals surface area contributed by atoms with Crippen molar-refractivity contribution in [1.29, 1.82) is 0 Å². The van der Waals surface area contributed by atoms with Gasteiger partial charge in [-0.15, -0.1) is 10.2 Å². The van der Waals surface area contributed by atoms with Crippen LogP contribution in [0.1, 0.15) is 15.9 Å². The smallest absolute Gasteiger partial charge is 0.345 e. The molecule has 0 fully saturated rings. The summed E-state index contributed by atoms with van der Waals surface area (Å²) >= 11 is 7.27. The molecule has 192 valence electrons. The molecular formula is C28H18ClN5O4S. The molecule has 5 rings (SSSR count). The second-order valence-electron chi connectivity index (χ2n) is 8.00. The first-order chi connectivity index (χ1) is 19.0. The Morgan fingerprint density at radius 1 is 0.846 bits per heavy atom. The van der Waals surface area contributed by atoms with Crippen LogP contribution in [0.3, 0.4) is 0 Å². The van der Waals surface area contributed by atoms with E-state index in [4.69, 9.17) is 16.3 Å². The number of nitrogens with zero attached hydrogens (tertiary/aromatic N) is 3. The van der Waals surface area contributed by atoms with Crippen molar-refractivity contribution in [2.45, 2.75) is 0 Å². The van der Waals surface area contributed by atoms with Crippen LogP contribution in [0.25, 0.3) is 21.3 Å². The SMILES string of the molecule is O=C(N/N=C\c1c(OC(=O)c2ccccc2Cl)ccc2ccccc12)C(=O)Nc1nnc(-c2ccccc2)s1. The zero-order valence-corrected chi connectivity index (χ0v) is 21.6. The third-order valence-corrected chi connectivity index (χ3v) is 6.68. The highest BCUT2D eigenvalue weighted by atomic mass is 35.5. The summed E-state index contributed by atoms with van der Waals surface area (Å²) in [5.74, 6) is -2.44. The molecule has 9 nitrogen and oxygen atoms in total. The maximum Gasteiger partial charge on any atom is 0.345 e. The zero-order valence-electron chi connectivity index (χ0n) is 20.0.